The molecule has 1 atom stereocenters. The van der Waals surface area contributed by atoms with Crippen molar-refractivity contribution in [2.24, 2.45) is 4.99 Å². The van der Waals surface area contributed by atoms with E-state index in [-0.39, 0.29) is 0 Å². The smallest absolute Gasteiger partial charge is 0.191 e. The number of nitrogens with one attached hydrogen (secondary N) is 2. The molecule has 0 spiro atoms. The molecule has 0 aliphatic carbocycles. The van der Waals surface area contributed by atoms with Gasteiger partial charge in [0.05, 0.1) is 18.8 Å². The van der Waals surface area contributed by atoms with Crippen molar-refractivity contribution in [3.05, 3.63) is 27.7 Å². The van der Waals surface area contributed by atoms with Gasteiger partial charge in [-0.3, -0.25) is 0 Å². The Bertz CT molecular complexity index is 668. The number of hydrogen-bond donors (Lipinski definition) is 2. The Hall–Kier alpha value is -1.96. The molecule has 0 amide bonds. The minimum absolute atomic E-state index is 0.321. The molecule has 1 aliphatic rings. The highest BCUT2D eigenvalue weighted by Crippen LogP contribution is 2.17. The quantitative estimate of drug-likeness (QED) is 0.653. The van der Waals surface area contributed by atoms with Crippen LogP contribution >= 0.6 is 11.3 Å². The minimum atomic E-state index is 0.321. The number of aryl methyl sites for hydroxylation is 3. The van der Waals surface area contributed by atoms with Gasteiger partial charge < -0.3 is 10.6 Å². The average molecular weight is 333 g/mol. The lowest BCUT2D eigenvalue weighted by Crippen LogP contribution is -2.47. The van der Waals surface area contributed by atoms with E-state index in [0.29, 0.717) is 12.6 Å². The fraction of sp³-hybridized carbons (Fsp3) is 0.600. The summed E-state index contributed by atoms with van der Waals surface area (Å²) in [5.74, 6) is 1.91. The monoisotopic (exact) mass is 333 g/mol. The molecular weight excluding hydrogens is 310 g/mol. The maximum Gasteiger partial charge on any atom is 0.191 e. The lowest BCUT2D eigenvalue weighted by Gasteiger charge is -2.25. The molecule has 0 bridgehead atoms. The van der Waals surface area contributed by atoms with Crippen molar-refractivity contribution in [3.8, 4) is 0 Å². The summed E-state index contributed by atoms with van der Waals surface area (Å²) in [6, 6.07) is 0.321. The van der Waals surface area contributed by atoms with E-state index in [1.807, 2.05) is 11.6 Å². The molecule has 0 aromatic carbocycles. The van der Waals surface area contributed by atoms with E-state index in [1.54, 1.807) is 17.7 Å². The Morgan fingerprint density at radius 2 is 2.35 bits per heavy atom. The lowest BCUT2D eigenvalue weighted by molar-refractivity contribution is 0.392. The van der Waals surface area contributed by atoms with Crippen molar-refractivity contribution in [1.29, 1.82) is 0 Å². The van der Waals surface area contributed by atoms with Crippen LogP contribution in [-0.4, -0.2) is 38.3 Å². The van der Waals surface area contributed by atoms with Gasteiger partial charge in [-0.05, 0) is 27.2 Å². The van der Waals surface area contributed by atoms with Crippen LogP contribution in [0.15, 0.2) is 11.3 Å². The maximum atomic E-state index is 4.67. The van der Waals surface area contributed by atoms with Crippen LogP contribution in [0.3, 0.4) is 0 Å². The Morgan fingerprint density at radius 3 is 3.09 bits per heavy atom. The Kier molecular flexibility index (Phi) is 4.90. The number of thiazole rings is 1. The zero-order valence-corrected chi connectivity index (χ0v) is 14.7. The molecule has 1 aliphatic heterocycles. The standard InChI is InChI=1S/C15H23N7S/c1-4-16-15(17-7-14-20-10(2)11(3)23-14)21-12-5-6-13-18-9-19-22(13)8-12/h9,12H,4-8H2,1-3H3,(H2,16,17,21). The fourth-order valence-electron chi connectivity index (χ4n) is 2.62. The van der Waals surface area contributed by atoms with Crippen molar-refractivity contribution in [2.75, 3.05) is 6.54 Å². The molecule has 3 rings (SSSR count). The summed E-state index contributed by atoms with van der Waals surface area (Å²) in [4.78, 5) is 14.7. The first-order valence-corrected chi connectivity index (χ1v) is 8.81. The predicted octanol–water partition coefficient (Wildman–Crippen LogP) is 1.42. The molecule has 2 aromatic rings. The average Bonchev–Trinajstić information content (AvgIpc) is 3.11. The number of aromatic nitrogens is 4. The van der Waals surface area contributed by atoms with Crippen molar-refractivity contribution in [1.82, 2.24) is 30.4 Å². The van der Waals surface area contributed by atoms with Crippen LogP contribution in [-0.2, 0) is 19.5 Å². The number of guanidine groups is 1. The number of aliphatic imine (C=N–C) groups is 1. The summed E-state index contributed by atoms with van der Waals surface area (Å²) in [7, 11) is 0. The molecular formula is C15H23N7S. The van der Waals surface area contributed by atoms with E-state index >= 15 is 0 Å². The van der Waals surface area contributed by atoms with Gasteiger partial charge in [-0.2, -0.15) is 5.10 Å². The van der Waals surface area contributed by atoms with Gasteiger partial charge in [-0.25, -0.2) is 19.6 Å². The molecule has 0 saturated carbocycles. The Labute approximate surface area is 140 Å². The van der Waals surface area contributed by atoms with Crippen molar-refractivity contribution < 1.29 is 0 Å². The molecule has 2 N–H and O–H groups in total. The molecule has 124 valence electrons. The second kappa shape index (κ2) is 7.08. The first kappa shape index (κ1) is 15.9. The summed E-state index contributed by atoms with van der Waals surface area (Å²) in [5.41, 5.74) is 1.10. The van der Waals surface area contributed by atoms with Gasteiger partial charge in [0.15, 0.2) is 5.96 Å². The van der Waals surface area contributed by atoms with E-state index in [2.05, 4.69) is 44.5 Å². The van der Waals surface area contributed by atoms with Crippen LogP contribution < -0.4 is 10.6 Å². The summed E-state index contributed by atoms with van der Waals surface area (Å²) in [5, 5.41) is 12.1. The van der Waals surface area contributed by atoms with Crippen molar-refractivity contribution in [3.63, 3.8) is 0 Å². The van der Waals surface area contributed by atoms with E-state index in [1.165, 1.54) is 4.88 Å². The topological polar surface area (TPSA) is 80.0 Å². The van der Waals surface area contributed by atoms with Crippen LogP contribution in [0.1, 0.15) is 34.7 Å². The molecule has 0 saturated heterocycles. The molecule has 7 nitrogen and oxygen atoms in total. The largest absolute Gasteiger partial charge is 0.357 e. The molecule has 3 heterocycles. The SMILES string of the molecule is CCNC(=NCc1nc(C)c(C)s1)NC1CCc2ncnn2C1. The zero-order valence-electron chi connectivity index (χ0n) is 13.8. The molecule has 2 aromatic heterocycles. The van der Waals surface area contributed by atoms with Gasteiger partial charge in [-0.15, -0.1) is 11.3 Å². The summed E-state index contributed by atoms with van der Waals surface area (Å²) < 4.78 is 1.97. The molecule has 8 heteroatoms. The highest BCUT2D eigenvalue weighted by Gasteiger charge is 2.20. The maximum absolute atomic E-state index is 4.67. The van der Waals surface area contributed by atoms with Crippen LogP contribution in [0.25, 0.3) is 0 Å². The third-order valence-corrected chi connectivity index (χ3v) is 4.99. The summed E-state index contributed by atoms with van der Waals surface area (Å²) in [6.45, 7) is 8.49. The van der Waals surface area contributed by atoms with Gasteiger partial charge in [0.1, 0.15) is 17.2 Å². The first-order chi connectivity index (χ1) is 11.2. The molecule has 0 radical (unpaired) electrons. The van der Waals surface area contributed by atoms with Crippen molar-refractivity contribution >= 4 is 17.3 Å². The van der Waals surface area contributed by atoms with E-state index < -0.39 is 0 Å². The van der Waals surface area contributed by atoms with Gasteiger partial charge in [-0.1, -0.05) is 0 Å². The Balaban J connectivity index is 1.63. The van der Waals surface area contributed by atoms with Crippen LogP contribution in [0.2, 0.25) is 0 Å². The van der Waals surface area contributed by atoms with Crippen LogP contribution in [0.4, 0.5) is 0 Å². The van der Waals surface area contributed by atoms with E-state index in [4.69, 9.17) is 0 Å². The highest BCUT2D eigenvalue weighted by molar-refractivity contribution is 7.11. The second-order valence-corrected chi connectivity index (χ2v) is 6.97. The minimum Gasteiger partial charge on any atom is -0.357 e. The van der Waals surface area contributed by atoms with Gasteiger partial charge in [0.2, 0.25) is 0 Å². The third-order valence-electron chi connectivity index (χ3n) is 3.94. The lowest BCUT2D eigenvalue weighted by atomic mass is 10.1. The molecule has 23 heavy (non-hydrogen) atoms. The highest BCUT2D eigenvalue weighted by atomic mass is 32.1. The normalized spacial score (nSPS) is 17.9. The predicted molar refractivity (Wildman–Crippen MR) is 91.7 cm³/mol. The number of hydrogen-bond acceptors (Lipinski definition) is 5. The summed E-state index contributed by atoms with van der Waals surface area (Å²) in [6.07, 6.45) is 3.62. The number of rotatable bonds is 4. The molecule has 1 unspecified atom stereocenters. The Morgan fingerprint density at radius 1 is 1.48 bits per heavy atom. The molecule has 0 fully saturated rings. The zero-order chi connectivity index (χ0) is 16.2. The van der Waals surface area contributed by atoms with Crippen molar-refractivity contribution in [2.45, 2.75) is 52.7 Å². The number of fused-ring (bicyclic) bond motifs is 1. The van der Waals surface area contributed by atoms with Gasteiger partial charge in [0, 0.05) is 23.9 Å². The van der Waals surface area contributed by atoms with Gasteiger partial charge >= 0.3 is 0 Å². The number of nitrogens with zero attached hydrogens (tertiary/aromatic N) is 5. The van der Waals surface area contributed by atoms with Gasteiger partial charge in [0.25, 0.3) is 0 Å². The van der Waals surface area contributed by atoms with Crippen LogP contribution in [0.5, 0.6) is 0 Å². The van der Waals surface area contributed by atoms with E-state index in [0.717, 1.165) is 48.4 Å². The summed E-state index contributed by atoms with van der Waals surface area (Å²) >= 11 is 1.72. The third kappa shape index (κ3) is 3.87. The fourth-order valence-corrected chi connectivity index (χ4v) is 3.48. The second-order valence-electron chi connectivity index (χ2n) is 5.68. The van der Waals surface area contributed by atoms with E-state index in [9.17, 15) is 0 Å². The first-order valence-electron chi connectivity index (χ1n) is 8.00. The van der Waals surface area contributed by atoms with Crippen LogP contribution in [0, 0.1) is 13.8 Å².